The molecule has 1 aliphatic heterocycles. The second-order valence-corrected chi connectivity index (χ2v) is 4.19. The minimum atomic E-state index is -0.468. The number of hydrogen-bond donors (Lipinski definition) is 1. The molecule has 2 rings (SSSR count). The lowest BCUT2D eigenvalue weighted by molar-refractivity contribution is -0.0299. The Kier molecular flexibility index (Phi) is 4.70. The fraction of sp³-hybridized carbons (Fsp3) is 0.462. The van der Waals surface area contributed by atoms with Gasteiger partial charge in [0.05, 0.1) is 19.8 Å². The molecule has 1 heterocycles. The molecule has 1 saturated heterocycles. The highest BCUT2D eigenvalue weighted by atomic mass is 19.1. The van der Waals surface area contributed by atoms with E-state index in [1.165, 1.54) is 17.0 Å². The number of nitrogens with zero attached hydrogens (tertiary/aromatic N) is 1. The number of morpholine rings is 1. The Hall–Kier alpha value is -1.66. The lowest BCUT2D eigenvalue weighted by atomic mass is 10.1. The van der Waals surface area contributed by atoms with E-state index in [1.54, 1.807) is 12.1 Å². The predicted molar refractivity (Wildman–Crippen MR) is 65.1 cm³/mol. The van der Waals surface area contributed by atoms with E-state index in [0.717, 1.165) is 5.56 Å². The van der Waals surface area contributed by atoms with Crippen LogP contribution in [0.5, 0.6) is 0 Å². The quantitative estimate of drug-likeness (QED) is 0.899. The zero-order chi connectivity index (χ0) is 13.7. The number of rotatable bonds is 3. The molecule has 1 aliphatic rings. The number of benzene rings is 1. The van der Waals surface area contributed by atoms with Crippen LogP contribution >= 0.6 is 0 Å². The number of amides is 1. The molecule has 6 heteroatoms. The van der Waals surface area contributed by atoms with Crippen LogP contribution in [-0.4, -0.2) is 49.0 Å². The molecule has 0 spiro atoms. The highest BCUT2D eigenvalue weighted by molar-refractivity contribution is 5.67. The van der Waals surface area contributed by atoms with Gasteiger partial charge in [0.2, 0.25) is 0 Å². The molecule has 1 amide bonds. The van der Waals surface area contributed by atoms with Crippen molar-refractivity contribution >= 4 is 6.09 Å². The fourth-order valence-corrected chi connectivity index (χ4v) is 1.92. The van der Waals surface area contributed by atoms with Crippen molar-refractivity contribution in [3.05, 3.63) is 35.6 Å². The van der Waals surface area contributed by atoms with Crippen molar-refractivity contribution < 1.29 is 23.8 Å². The Balaban J connectivity index is 1.96. The highest BCUT2D eigenvalue weighted by Gasteiger charge is 2.26. The van der Waals surface area contributed by atoms with Gasteiger partial charge in [-0.1, -0.05) is 12.1 Å². The fourth-order valence-electron chi connectivity index (χ4n) is 1.92. The Bertz CT molecular complexity index is 423. The SMILES string of the molecule is O=C(OCCO)N1CCOC(c2ccc(F)cc2)C1. The van der Waals surface area contributed by atoms with Crippen LogP contribution in [0, 0.1) is 5.82 Å². The molecule has 104 valence electrons. The summed E-state index contributed by atoms with van der Waals surface area (Å²) in [6.07, 6.45) is -0.750. The van der Waals surface area contributed by atoms with E-state index in [-0.39, 0.29) is 25.1 Å². The molecule has 1 aromatic carbocycles. The molecule has 1 N–H and O–H groups in total. The van der Waals surface area contributed by atoms with E-state index in [9.17, 15) is 9.18 Å². The Morgan fingerprint density at radius 2 is 2.21 bits per heavy atom. The summed E-state index contributed by atoms with van der Waals surface area (Å²) < 4.78 is 23.3. The summed E-state index contributed by atoms with van der Waals surface area (Å²) in [5.74, 6) is -0.307. The molecule has 0 aliphatic carbocycles. The topological polar surface area (TPSA) is 59.0 Å². The van der Waals surface area contributed by atoms with E-state index in [4.69, 9.17) is 14.6 Å². The second kappa shape index (κ2) is 6.49. The third kappa shape index (κ3) is 3.65. The van der Waals surface area contributed by atoms with Gasteiger partial charge < -0.3 is 19.5 Å². The first-order chi connectivity index (χ1) is 9.20. The molecule has 5 nitrogen and oxygen atoms in total. The highest BCUT2D eigenvalue weighted by Crippen LogP contribution is 2.22. The average molecular weight is 269 g/mol. The standard InChI is InChI=1S/C13H16FNO4/c14-11-3-1-10(2-4-11)12-9-15(5-7-18-12)13(17)19-8-6-16/h1-4,12,16H,5-9H2. The van der Waals surface area contributed by atoms with Crippen molar-refractivity contribution in [1.82, 2.24) is 4.90 Å². The molecule has 19 heavy (non-hydrogen) atoms. The monoisotopic (exact) mass is 269 g/mol. The Morgan fingerprint density at radius 1 is 1.47 bits per heavy atom. The Morgan fingerprint density at radius 3 is 2.89 bits per heavy atom. The van der Waals surface area contributed by atoms with Gasteiger partial charge in [-0.05, 0) is 17.7 Å². The number of carbonyl (C=O) groups is 1. The van der Waals surface area contributed by atoms with Gasteiger partial charge in [0.15, 0.2) is 0 Å². The van der Waals surface area contributed by atoms with Crippen LogP contribution in [0.3, 0.4) is 0 Å². The third-order valence-corrected chi connectivity index (χ3v) is 2.88. The molecule has 0 bridgehead atoms. The summed E-state index contributed by atoms with van der Waals surface area (Å²) in [5, 5.41) is 8.61. The number of ether oxygens (including phenoxy) is 2. The second-order valence-electron chi connectivity index (χ2n) is 4.19. The molecule has 1 atom stereocenters. The van der Waals surface area contributed by atoms with Gasteiger partial charge in [0.25, 0.3) is 0 Å². The summed E-state index contributed by atoms with van der Waals surface area (Å²) in [7, 11) is 0. The first-order valence-corrected chi connectivity index (χ1v) is 6.10. The zero-order valence-electron chi connectivity index (χ0n) is 10.4. The molecule has 0 radical (unpaired) electrons. The molecule has 1 unspecified atom stereocenters. The summed E-state index contributed by atoms with van der Waals surface area (Å²) in [6.45, 7) is 0.989. The van der Waals surface area contributed by atoms with Crippen LogP contribution in [-0.2, 0) is 9.47 Å². The molecule has 1 fully saturated rings. The minimum Gasteiger partial charge on any atom is -0.447 e. The minimum absolute atomic E-state index is 0.0165. The van der Waals surface area contributed by atoms with E-state index >= 15 is 0 Å². The van der Waals surface area contributed by atoms with Gasteiger partial charge in [-0.15, -0.1) is 0 Å². The number of halogens is 1. The van der Waals surface area contributed by atoms with Gasteiger partial charge in [-0.2, -0.15) is 0 Å². The van der Waals surface area contributed by atoms with Crippen LogP contribution in [0.15, 0.2) is 24.3 Å². The smallest absolute Gasteiger partial charge is 0.410 e. The first-order valence-electron chi connectivity index (χ1n) is 6.10. The van der Waals surface area contributed by atoms with Crippen LogP contribution in [0.2, 0.25) is 0 Å². The normalized spacial score (nSPS) is 19.3. The van der Waals surface area contributed by atoms with Crippen molar-refractivity contribution in [2.75, 3.05) is 32.9 Å². The molecule has 0 aromatic heterocycles. The summed E-state index contributed by atoms with van der Waals surface area (Å²) in [6, 6.07) is 6.01. The van der Waals surface area contributed by atoms with Gasteiger partial charge in [0, 0.05) is 6.54 Å². The summed E-state index contributed by atoms with van der Waals surface area (Å²) in [4.78, 5) is 13.2. The van der Waals surface area contributed by atoms with Gasteiger partial charge in [-0.25, -0.2) is 9.18 Å². The largest absolute Gasteiger partial charge is 0.447 e. The lowest BCUT2D eigenvalue weighted by Gasteiger charge is -2.32. The van der Waals surface area contributed by atoms with Crippen molar-refractivity contribution in [2.24, 2.45) is 0 Å². The first kappa shape index (κ1) is 13.8. The molecule has 1 aromatic rings. The number of aliphatic hydroxyl groups excluding tert-OH is 1. The van der Waals surface area contributed by atoms with E-state index in [2.05, 4.69) is 0 Å². The number of aliphatic hydroxyl groups is 1. The Labute approximate surface area is 110 Å². The van der Waals surface area contributed by atoms with E-state index < -0.39 is 6.09 Å². The molecular formula is C13H16FNO4. The average Bonchev–Trinajstić information content (AvgIpc) is 2.45. The van der Waals surface area contributed by atoms with Gasteiger partial charge in [-0.3, -0.25) is 0 Å². The van der Waals surface area contributed by atoms with Crippen molar-refractivity contribution in [3.63, 3.8) is 0 Å². The maximum Gasteiger partial charge on any atom is 0.410 e. The van der Waals surface area contributed by atoms with Crippen LogP contribution in [0.25, 0.3) is 0 Å². The number of hydrogen-bond acceptors (Lipinski definition) is 4. The van der Waals surface area contributed by atoms with Crippen LogP contribution < -0.4 is 0 Å². The zero-order valence-corrected chi connectivity index (χ0v) is 10.4. The lowest BCUT2D eigenvalue weighted by Crippen LogP contribution is -2.42. The van der Waals surface area contributed by atoms with E-state index in [0.29, 0.717) is 19.7 Å². The van der Waals surface area contributed by atoms with Crippen molar-refractivity contribution in [1.29, 1.82) is 0 Å². The maximum absolute atomic E-state index is 12.8. The third-order valence-electron chi connectivity index (χ3n) is 2.88. The van der Waals surface area contributed by atoms with Crippen molar-refractivity contribution in [3.8, 4) is 0 Å². The predicted octanol–water partition coefficient (Wildman–Crippen LogP) is 1.33. The van der Waals surface area contributed by atoms with Crippen LogP contribution in [0.1, 0.15) is 11.7 Å². The number of carbonyl (C=O) groups excluding carboxylic acids is 1. The molecule has 0 saturated carbocycles. The van der Waals surface area contributed by atoms with Crippen molar-refractivity contribution in [2.45, 2.75) is 6.10 Å². The van der Waals surface area contributed by atoms with Gasteiger partial charge >= 0.3 is 6.09 Å². The summed E-state index contributed by atoms with van der Waals surface area (Å²) in [5.41, 5.74) is 0.820. The van der Waals surface area contributed by atoms with Crippen LogP contribution in [0.4, 0.5) is 9.18 Å². The van der Waals surface area contributed by atoms with E-state index in [1.807, 2.05) is 0 Å². The maximum atomic E-state index is 12.8. The van der Waals surface area contributed by atoms with Gasteiger partial charge in [0.1, 0.15) is 18.5 Å². The molecular weight excluding hydrogens is 253 g/mol. The summed E-state index contributed by atoms with van der Waals surface area (Å²) >= 11 is 0.